The van der Waals surface area contributed by atoms with Gasteiger partial charge in [0, 0.05) is 18.8 Å². The van der Waals surface area contributed by atoms with Crippen molar-refractivity contribution in [3.05, 3.63) is 28.2 Å². The number of carboxylic acid groups (broad SMARTS) is 1. The normalized spacial score (nSPS) is 9.40. The fourth-order valence-electron chi connectivity index (χ4n) is 1.12. The topological polar surface area (TPSA) is 79.5 Å². The van der Waals surface area contributed by atoms with E-state index >= 15 is 0 Å². The van der Waals surface area contributed by atoms with E-state index in [4.69, 9.17) is 5.11 Å². The van der Waals surface area contributed by atoms with Gasteiger partial charge in [-0.15, -0.1) is 12.4 Å². The minimum Gasteiger partial charge on any atom is -0.503 e. The summed E-state index contributed by atoms with van der Waals surface area (Å²) in [5.74, 6) is -1.24. The van der Waals surface area contributed by atoms with Crippen molar-refractivity contribution in [2.45, 2.75) is 19.9 Å². The molecule has 6 heteroatoms. The third-order valence-electron chi connectivity index (χ3n) is 1.98. The summed E-state index contributed by atoms with van der Waals surface area (Å²) in [7, 11) is 0. The molecule has 0 amide bonds. The number of aryl methyl sites for hydroxylation is 1. The molecule has 15 heavy (non-hydrogen) atoms. The van der Waals surface area contributed by atoms with Crippen LogP contribution < -0.4 is 5.43 Å². The number of aromatic hydroxyl groups is 1. The van der Waals surface area contributed by atoms with Crippen LogP contribution in [0.3, 0.4) is 0 Å². The molecule has 2 N–H and O–H groups in total. The first kappa shape index (κ1) is 13.5. The van der Waals surface area contributed by atoms with Gasteiger partial charge in [-0.25, -0.2) is 0 Å². The zero-order valence-corrected chi connectivity index (χ0v) is 8.95. The van der Waals surface area contributed by atoms with Crippen molar-refractivity contribution in [2.75, 3.05) is 0 Å². The fourth-order valence-corrected chi connectivity index (χ4v) is 1.12. The zero-order valence-electron chi connectivity index (χ0n) is 8.14. The number of aromatic nitrogens is 1. The van der Waals surface area contributed by atoms with E-state index in [1.54, 1.807) is 6.92 Å². The van der Waals surface area contributed by atoms with Crippen molar-refractivity contribution < 1.29 is 15.0 Å². The van der Waals surface area contributed by atoms with Gasteiger partial charge in [0.1, 0.15) is 0 Å². The van der Waals surface area contributed by atoms with Crippen LogP contribution in [-0.4, -0.2) is 20.7 Å². The van der Waals surface area contributed by atoms with E-state index in [0.717, 1.165) is 0 Å². The Morgan fingerprint density at radius 1 is 1.53 bits per heavy atom. The van der Waals surface area contributed by atoms with Crippen LogP contribution in [0.5, 0.6) is 5.75 Å². The van der Waals surface area contributed by atoms with Crippen molar-refractivity contribution in [1.29, 1.82) is 0 Å². The van der Waals surface area contributed by atoms with Crippen molar-refractivity contribution in [3.8, 4) is 5.75 Å². The molecular weight excluding hydrogens is 222 g/mol. The van der Waals surface area contributed by atoms with Gasteiger partial charge in [0.25, 0.3) is 0 Å². The van der Waals surface area contributed by atoms with E-state index in [9.17, 15) is 14.7 Å². The number of carbonyl (C=O) groups is 1. The van der Waals surface area contributed by atoms with Crippen LogP contribution in [0.15, 0.2) is 17.1 Å². The van der Waals surface area contributed by atoms with Gasteiger partial charge in [-0.1, -0.05) is 0 Å². The lowest BCUT2D eigenvalue weighted by atomic mass is 10.3. The number of carboxylic acids is 1. The average Bonchev–Trinajstić information content (AvgIpc) is 2.13. The van der Waals surface area contributed by atoms with Crippen LogP contribution in [0.4, 0.5) is 0 Å². The van der Waals surface area contributed by atoms with Crippen molar-refractivity contribution >= 4 is 18.4 Å². The minimum absolute atomic E-state index is 0. The molecule has 0 saturated heterocycles. The molecule has 0 bridgehead atoms. The Bertz CT molecular complexity index is 413. The summed E-state index contributed by atoms with van der Waals surface area (Å²) in [5.41, 5.74) is -0.0622. The summed E-state index contributed by atoms with van der Waals surface area (Å²) in [6.45, 7) is 1.81. The van der Waals surface area contributed by atoms with Crippen molar-refractivity contribution in [3.63, 3.8) is 0 Å². The van der Waals surface area contributed by atoms with E-state index in [0.29, 0.717) is 5.69 Å². The fraction of sp³-hybridized carbons (Fsp3) is 0.333. The van der Waals surface area contributed by atoms with E-state index < -0.39 is 11.4 Å². The first-order chi connectivity index (χ1) is 6.52. The lowest BCUT2D eigenvalue weighted by Crippen LogP contribution is -2.12. The second-order valence-electron chi connectivity index (χ2n) is 2.95. The Morgan fingerprint density at radius 3 is 2.67 bits per heavy atom. The third-order valence-corrected chi connectivity index (χ3v) is 1.98. The molecule has 0 aliphatic carbocycles. The molecule has 0 aromatic carbocycles. The first-order valence-corrected chi connectivity index (χ1v) is 4.13. The lowest BCUT2D eigenvalue weighted by molar-refractivity contribution is -0.137. The Hall–Kier alpha value is -1.49. The molecule has 0 atom stereocenters. The monoisotopic (exact) mass is 233 g/mol. The number of hydrogen-bond acceptors (Lipinski definition) is 3. The summed E-state index contributed by atoms with van der Waals surface area (Å²) in [6.07, 6.45) is 1.43. The zero-order chi connectivity index (χ0) is 10.7. The molecule has 0 spiro atoms. The number of rotatable bonds is 3. The maximum absolute atomic E-state index is 11.0. The molecule has 0 aliphatic heterocycles. The minimum atomic E-state index is -0.914. The van der Waals surface area contributed by atoms with Crippen LogP contribution >= 0.6 is 12.4 Å². The first-order valence-electron chi connectivity index (χ1n) is 4.13. The highest BCUT2D eigenvalue weighted by Gasteiger charge is 2.05. The summed E-state index contributed by atoms with van der Waals surface area (Å²) < 4.78 is 1.53. The molecule has 1 aromatic heterocycles. The molecule has 1 rings (SSSR count). The maximum atomic E-state index is 11.0. The molecule has 0 saturated carbocycles. The second kappa shape index (κ2) is 5.41. The van der Waals surface area contributed by atoms with Gasteiger partial charge in [0.2, 0.25) is 5.43 Å². The molecule has 1 heterocycles. The number of pyridine rings is 1. The largest absolute Gasteiger partial charge is 0.503 e. The van der Waals surface area contributed by atoms with Crippen LogP contribution in [0, 0.1) is 6.92 Å². The summed E-state index contributed by atoms with van der Waals surface area (Å²) in [6, 6.07) is 1.21. The SMILES string of the molecule is Cc1c(O)c(=O)ccn1CCC(=O)O.Cl. The predicted octanol–water partition coefficient (Wildman–Crippen LogP) is 0.759. The number of nitrogens with zero attached hydrogens (tertiary/aromatic N) is 1. The Balaban J connectivity index is 0.00000196. The lowest BCUT2D eigenvalue weighted by Gasteiger charge is -2.09. The van der Waals surface area contributed by atoms with Gasteiger partial charge < -0.3 is 14.8 Å². The van der Waals surface area contributed by atoms with Crippen LogP contribution in [0.25, 0.3) is 0 Å². The van der Waals surface area contributed by atoms with Crippen molar-refractivity contribution in [2.24, 2.45) is 0 Å². The van der Waals surface area contributed by atoms with Gasteiger partial charge in [-0.3, -0.25) is 9.59 Å². The molecule has 1 aromatic rings. The van der Waals surface area contributed by atoms with Crippen LogP contribution in [0.2, 0.25) is 0 Å². The molecule has 0 fully saturated rings. The molecule has 5 nitrogen and oxygen atoms in total. The van der Waals surface area contributed by atoms with Gasteiger partial charge >= 0.3 is 5.97 Å². The second-order valence-corrected chi connectivity index (χ2v) is 2.95. The molecule has 0 aliphatic rings. The number of hydrogen-bond donors (Lipinski definition) is 2. The standard InChI is InChI=1S/C9H11NO4.ClH/c1-6-9(14)7(11)2-4-10(6)5-3-8(12)13;/h2,4,14H,3,5H2,1H3,(H,12,13);1H. The van der Waals surface area contributed by atoms with Crippen LogP contribution in [-0.2, 0) is 11.3 Å². The summed E-state index contributed by atoms with van der Waals surface area (Å²) >= 11 is 0. The number of halogens is 1. The quantitative estimate of drug-likeness (QED) is 0.808. The maximum Gasteiger partial charge on any atom is 0.305 e. The van der Waals surface area contributed by atoms with Gasteiger partial charge in [0.05, 0.1) is 12.1 Å². The highest BCUT2D eigenvalue weighted by atomic mass is 35.5. The third kappa shape index (κ3) is 3.28. The van der Waals surface area contributed by atoms with E-state index in [2.05, 4.69) is 0 Å². The Kier molecular flexibility index (Phi) is 4.87. The predicted molar refractivity (Wildman–Crippen MR) is 56.6 cm³/mol. The highest BCUT2D eigenvalue weighted by molar-refractivity contribution is 5.85. The molecular formula is C9H12ClNO4. The number of aliphatic carboxylic acids is 1. The van der Waals surface area contributed by atoms with Gasteiger partial charge in [-0.2, -0.15) is 0 Å². The Labute approximate surface area is 92.4 Å². The smallest absolute Gasteiger partial charge is 0.305 e. The van der Waals surface area contributed by atoms with E-state index in [1.807, 2.05) is 0 Å². The van der Waals surface area contributed by atoms with E-state index in [1.165, 1.54) is 16.8 Å². The summed E-state index contributed by atoms with van der Waals surface area (Å²) in [5, 5.41) is 17.7. The Morgan fingerprint density at radius 2 is 2.13 bits per heavy atom. The van der Waals surface area contributed by atoms with Crippen molar-refractivity contribution in [1.82, 2.24) is 4.57 Å². The molecule has 0 radical (unpaired) electrons. The van der Waals surface area contributed by atoms with Gasteiger partial charge in [0.15, 0.2) is 5.75 Å². The summed E-state index contributed by atoms with van der Waals surface area (Å²) in [4.78, 5) is 21.2. The molecule has 84 valence electrons. The highest BCUT2D eigenvalue weighted by Crippen LogP contribution is 2.09. The average molecular weight is 234 g/mol. The van der Waals surface area contributed by atoms with Gasteiger partial charge in [-0.05, 0) is 6.92 Å². The van der Waals surface area contributed by atoms with Crippen LogP contribution in [0.1, 0.15) is 12.1 Å². The van der Waals surface area contributed by atoms with E-state index in [-0.39, 0.29) is 31.1 Å². The molecule has 0 unspecified atom stereocenters.